The Hall–Kier alpha value is 0.0900. The maximum absolute atomic E-state index is 11.2. The lowest BCUT2D eigenvalue weighted by atomic mass is 10.4. The van der Waals surface area contributed by atoms with Crippen LogP contribution in [0.1, 0.15) is 18.2 Å². The molecule has 92 valence electrons. The van der Waals surface area contributed by atoms with Crippen LogP contribution in [0.4, 0.5) is 0 Å². The van der Waals surface area contributed by atoms with Crippen molar-refractivity contribution >= 4 is 37.1 Å². The summed E-state index contributed by atoms with van der Waals surface area (Å²) >= 11 is 5.14. The van der Waals surface area contributed by atoms with E-state index in [9.17, 15) is 8.42 Å². The average Bonchev–Trinajstić information content (AvgIpc) is 2.64. The van der Waals surface area contributed by atoms with E-state index in [-0.39, 0.29) is 11.5 Å². The van der Waals surface area contributed by atoms with E-state index in [0.717, 1.165) is 17.6 Å². The van der Waals surface area contributed by atoms with Gasteiger partial charge in [-0.05, 0) is 40.3 Å². The van der Waals surface area contributed by atoms with Crippen LogP contribution in [0.3, 0.4) is 0 Å². The minimum Gasteiger partial charge on any atom is -0.312 e. The van der Waals surface area contributed by atoms with Crippen LogP contribution in [-0.4, -0.2) is 26.5 Å². The summed E-state index contributed by atoms with van der Waals surface area (Å²) in [5.74, 6) is 0.519. The predicted octanol–water partition coefficient (Wildman–Crippen LogP) is 2.43. The zero-order valence-corrected chi connectivity index (χ0v) is 12.4. The lowest BCUT2D eigenvalue weighted by molar-refractivity contribution is 0.590. The monoisotopic (exact) mass is 325 g/mol. The van der Waals surface area contributed by atoms with Crippen molar-refractivity contribution in [2.75, 3.05) is 18.1 Å². The molecule has 1 heterocycles. The second-order valence-electron chi connectivity index (χ2n) is 3.46. The fraction of sp³-hybridized carbons (Fsp3) is 0.600. The average molecular weight is 326 g/mol. The molecule has 0 bridgehead atoms. The van der Waals surface area contributed by atoms with Crippen molar-refractivity contribution in [3.63, 3.8) is 0 Å². The Kier molecular flexibility index (Phi) is 5.96. The fourth-order valence-corrected chi connectivity index (χ4v) is 3.55. The first-order valence-electron chi connectivity index (χ1n) is 5.18. The van der Waals surface area contributed by atoms with Gasteiger partial charge >= 0.3 is 0 Å². The Morgan fingerprint density at radius 3 is 2.81 bits per heavy atom. The Morgan fingerprint density at radius 2 is 2.25 bits per heavy atom. The molecule has 0 unspecified atom stereocenters. The van der Waals surface area contributed by atoms with Gasteiger partial charge in [0.05, 0.1) is 5.75 Å². The predicted molar refractivity (Wildman–Crippen MR) is 72.7 cm³/mol. The standard InChI is InChI=1S/C10H16BrNO2S2/c1-2-16(13,14)7-3-5-12-8-10-9(11)4-6-15-10/h4,6,12H,2-3,5,7-8H2,1H3. The molecule has 0 atom stereocenters. The van der Waals surface area contributed by atoms with Crippen molar-refractivity contribution in [3.8, 4) is 0 Å². The lowest BCUT2D eigenvalue weighted by Crippen LogP contribution is -2.18. The van der Waals surface area contributed by atoms with E-state index in [0.29, 0.717) is 6.42 Å². The van der Waals surface area contributed by atoms with Crippen molar-refractivity contribution in [2.24, 2.45) is 0 Å². The zero-order valence-electron chi connectivity index (χ0n) is 9.20. The molecule has 6 heteroatoms. The molecular formula is C10H16BrNO2S2. The molecule has 1 aromatic rings. The lowest BCUT2D eigenvalue weighted by Gasteiger charge is -2.04. The Labute approximate surface area is 109 Å². The highest BCUT2D eigenvalue weighted by Crippen LogP contribution is 2.21. The molecular weight excluding hydrogens is 310 g/mol. The van der Waals surface area contributed by atoms with E-state index in [1.807, 2.05) is 11.4 Å². The highest BCUT2D eigenvalue weighted by Gasteiger charge is 2.06. The van der Waals surface area contributed by atoms with Gasteiger partial charge in [0.15, 0.2) is 0 Å². The molecule has 1 rings (SSSR count). The smallest absolute Gasteiger partial charge is 0.150 e. The molecule has 0 aliphatic carbocycles. The Morgan fingerprint density at radius 1 is 1.50 bits per heavy atom. The minimum atomic E-state index is -2.81. The van der Waals surface area contributed by atoms with Gasteiger partial charge in [-0.15, -0.1) is 11.3 Å². The Bertz CT molecular complexity index is 414. The van der Waals surface area contributed by atoms with Crippen LogP contribution in [0.25, 0.3) is 0 Å². The summed E-state index contributed by atoms with van der Waals surface area (Å²) in [7, 11) is -2.81. The molecule has 1 N–H and O–H groups in total. The molecule has 0 aliphatic heterocycles. The van der Waals surface area contributed by atoms with Crippen LogP contribution in [0.5, 0.6) is 0 Å². The topological polar surface area (TPSA) is 46.2 Å². The molecule has 0 fully saturated rings. The summed E-state index contributed by atoms with van der Waals surface area (Å²) in [4.78, 5) is 1.25. The van der Waals surface area contributed by atoms with Gasteiger partial charge in [0.2, 0.25) is 0 Å². The van der Waals surface area contributed by atoms with E-state index in [1.54, 1.807) is 18.3 Å². The quantitative estimate of drug-likeness (QED) is 0.783. The minimum absolute atomic E-state index is 0.240. The number of halogens is 1. The maximum atomic E-state index is 11.2. The van der Waals surface area contributed by atoms with Crippen LogP contribution >= 0.6 is 27.3 Å². The summed E-state index contributed by atoms with van der Waals surface area (Å²) in [5.41, 5.74) is 0. The van der Waals surface area contributed by atoms with E-state index < -0.39 is 9.84 Å². The normalized spacial score (nSPS) is 11.9. The number of hydrogen-bond acceptors (Lipinski definition) is 4. The van der Waals surface area contributed by atoms with Crippen molar-refractivity contribution < 1.29 is 8.42 Å². The maximum Gasteiger partial charge on any atom is 0.150 e. The Balaban J connectivity index is 2.16. The highest BCUT2D eigenvalue weighted by atomic mass is 79.9. The molecule has 0 amide bonds. The summed E-state index contributed by atoms with van der Waals surface area (Å²) in [6.45, 7) is 3.22. The molecule has 0 saturated heterocycles. The molecule has 0 aliphatic rings. The van der Waals surface area contributed by atoms with E-state index in [1.165, 1.54) is 4.88 Å². The van der Waals surface area contributed by atoms with Crippen LogP contribution in [0, 0.1) is 0 Å². The van der Waals surface area contributed by atoms with Gasteiger partial charge in [0.25, 0.3) is 0 Å². The van der Waals surface area contributed by atoms with Gasteiger partial charge in [0, 0.05) is 21.6 Å². The second-order valence-corrected chi connectivity index (χ2v) is 7.79. The molecule has 0 aromatic carbocycles. The molecule has 0 saturated carbocycles. The number of nitrogens with one attached hydrogen (secondary N) is 1. The summed E-state index contributed by atoms with van der Waals surface area (Å²) < 4.78 is 23.5. The van der Waals surface area contributed by atoms with Crippen molar-refractivity contribution in [1.82, 2.24) is 5.32 Å². The van der Waals surface area contributed by atoms with Gasteiger partial charge in [0.1, 0.15) is 9.84 Å². The molecule has 0 spiro atoms. The molecule has 1 aromatic heterocycles. The van der Waals surface area contributed by atoms with Gasteiger partial charge < -0.3 is 5.32 Å². The molecule has 3 nitrogen and oxygen atoms in total. The number of thiophene rings is 1. The third-order valence-electron chi connectivity index (χ3n) is 2.23. The van der Waals surface area contributed by atoms with Crippen LogP contribution in [-0.2, 0) is 16.4 Å². The van der Waals surface area contributed by atoms with Gasteiger partial charge in [-0.1, -0.05) is 6.92 Å². The van der Waals surface area contributed by atoms with Gasteiger partial charge in [-0.2, -0.15) is 0 Å². The highest BCUT2D eigenvalue weighted by molar-refractivity contribution is 9.10. The molecule has 16 heavy (non-hydrogen) atoms. The van der Waals surface area contributed by atoms with E-state index in [2.05, 4.69) is 21.2 Å². The zero-order chi connectivity index (χ0) is 12.0. The van der Waals surface area contributed by atoms with Crippen LogP contribution < -0.4 is 5.32 Å². The first-order chi connectivity index (χ1) is 7.55. The fourth-order valence-electron chi connectivity index (χ4n) is 1.21. The largest absolute Gasteiger partial charge is 0.312 e. The van der Waals surface area contributed by atoms with Crippen LogP contribution in [0.15, 0.2) is 15.9 Å². The van der Waals surface area contributed by atoms with E-state index in [4.69, 9.17) is 0 Å². The SMILES string of the molecule is CCS(=O)(=O)CCCNCc1sccc1Br. The third-order valence-corrected chi connectivity index (χ3v) is 5.94. The summed E-state index contributed by atoms with van der Waals surface area (Å²) in [6, 6.07) is 2.02. The summed E-state index contributed by atoms with van der Waals surface area (Å²) in [6.07, 6.45) is 0.680. The van der Waals surface area contributed by atoms with Gasteiger partial charge in [-0.3, -0.25) is 0 Å². The van der Waals surface area contributed by atoms with Gasteiger partial charge in [-0.25, -0.2) is 8.42 Å². The number of rotatable bonds is 7. The third kappa shape index (κ3) is 4.95. The molecule has 0 radical (unpaired) electrons. The summed E-state index contributed by atoms with van der Waals surface area (Å²) in [5, 5.41) is 5.27. The number of hydrogen-bond donors (Lipinski definition) is 1. The van der Waals surface area contributed by atoms with E-state index >= 15 is 0 Å². The van der Waals surface area contributed by atoms with Crippen LogP contribution in [0.2, 0.25) is 0 Å². The first kappa shape index (κ1) is 14.2. The van der Waals surface area contributed by atoms with Crippen molar-refractivity contribution in [3.05, 3.63) is 20.8 Å². The first-order valence-corrected chi connectivity index (χ1v) is 8.67. The second kappa shape index (κ2) is 6.74. The van der Waals surface area contributed by atoms with Crippen molar-refractivity contribution in [2.45, 2.75) is 19.9 Å². The van der Waals surface area contributed by atoms with Crippen molar-refractivity contribution in [1.29, 1.82) is 0 Å². The number of sulfone groups is 1.